The molecule has 1 heterocycles. The summed E-state index contributed by atoms with van der Waals surface area (Å²) in [6, 6.07) is 6.56. The number of anilines is 1. The van der Waals surface area contributed by atoms with Crippen LogP contribution in [0.3, 0.4) is 0 Å². The van der Waals surface area contributed by atoms with Gasteiger partial charge in [0.1, 0.15) is 5.75 Å². The zero-order valence-corrected chi connectivity index (χ0v) is 11.3. The third kappa shape index (κ3) is 1.54. The van der Waals surface area contributed by atoms with Crippen molar-refractivity contribution in [2.24, 2.45) is 17.8 Å². The summed E-state index contributed by atoms with van der Waals surface area (Å²) in [7, 11) is 1.73. The average molecular weight is 259 g/mol. The Hall–Kier alpha value is -1.22. The first-order chi connectivity index (χ1) is 9.31. The fourth-order valence-electron chi connectivity index (χ4n) is 4.91. The second kappa shape index (κ2) is 4.14. The van der Waals surface area contributed by atoms with Gasteiger partial charge < -0.3 is 15.2 Å². The zero-order chi connectivity index (χ0) is 13.0. The van der Waals surface area contributed by atoms with Gasteiger partial charge in [0.15, 0.2) is 0 Å². The number of fused-ring (bicyclic) bond motifs is 7. The number of methoxy groups -OCH3 is 1. The Morgan fingerprint density at radius 2 is 2.16 bits per heavy atom. The van der Waals surface area contributed by atoms with Crippen molar-refractivity contribution in [2.45, 2.75) is 31.2 Å². The standard InChI is InChI=1S/C16H21NO2/c1-19-11-4-5-13-12(7-11)15-9-2-3-10(6-9)16(15)14(8-18)17-13/h4-5,7,9-10,14-18H,2-3,6,8H2,1H3/t9-,10+,14+,15-,16+/m1/s1. The Kier molecular flexibility index (Phi) is 2.52. The van der Waals surface area contributed by atoms with Gasteiger partial charge in [0, 0.05) is 5.69 Å². The first-order valence-electron chi connectivity index (χ1n) is 7.37. The number of aliphatic hydroxyl groups excluding tert-OH is 1. The molecule has 3 heteroatoms. The summed E-state index contributed by atoms with van der Waals surface area (Å²) in [4.78, 5) is 0. The third-order valence-electron chi connectivity index (χ3n) is 5.60. The van der Waals surface area contributed by atoms with Gasteiger partial charge in [-0.05, 0) is 66.7 Å². The van der Waals surface area contributed by atoms with E-state index in [1.165, 1.54) is 30.5 Å². The Morgan fingerprint density at radius 1 is 1.32 bits per heavy atom. The van der Waals surface area contributed by atoms with Crippen LogP contribution in [0.25, 0.3) is 0 Å². The van der Waals surface area contributed by atoms with Crippen molar-refractivity contribution in [3.63, 3.8) is 0 Å². The summed E-state index contributed by atoms with van der Waals surface area (Å²) in [6.07, 6.45) is 4.06. The molecule has 4 rings (SSSR count). The van der Waals surface area contributed by atoms with Crippen LogP contribution in [-0.4, -0.2) is 24.9 Å². The van der Waals surface area contributed by atoms with E-state index in [1.807, 2.05) is 6.07 Å². The van der Waals surface area contributed by atoms with Gasteiger partial charge >= 0.3 is 0 Å². The number of nitrogens with one attached hydrogen (secondary N) is 1. The second-order valence-corrected chi connectivity index (χ2v) is 6.32. The molecule has 1 aliphatic heterocycles. The molecule has 0 spiro atoms. The predicted octanol–water partition coefficient (Wildman–Crippen LogP) is 2.61. The molecule has 2 N–H and O–H groups in total. The van der Waals surface area contributed by atoms with Gasteiger partial charge in [0.05, 0.1) is 19.8 Å². The lowest BCUT2D eigenvalue weighted by molar-refractivity contribution is 0.175. The van der Waals surface area contributed by atoms with Crippen molar-refractivity contribution in [2.75, 3.05) is 19.0 Å². The third-order valence-corrected chi connectivity index (χ3v) is 5.60. The largest absolute Gasteiger partial charge is 0.497 e. The van der Waals surface area contributed by atoms with Gasteiger partial charge in [-0.2, -0.15) is 0 Å². The predicted molar refractivity (Wildman–Crippen MR) is 74.6 cm³/mol. The van der Waals surface area contributed by atoms with Gasteiger partial charge in [0.2, 0.25) is 0 Å². The van der Waals surface area contributed by atoms with Crippen LogP contribution in [0.15, 0.2) is 18.2 Å². The van der Waals surface area contributed by atoms with E-state index in [2.05, 4.69) is 17.4 Å². The fraction of sp³-hybridized carbons (Fsp3) is 0.625. The molecule has 5 atom stereocenters. The molecule has 0 unspecified atom stereocenters. The average Bonchev–Trinajstić information content (AvgIpc) is 3.07. The Labute approximate surface area is 114 Å². The van der Waals surface area contributed by atoms with Crippen LogP contribution in [-0.2, 0) is 0 Å². The summed E-state index contributed by atoms with van der Waals surface area (Å²) in [5, 5.41) is 13.3. The Morgan fingerprint density at radius 3 is 2.95 bits per heavy atom. The minimum absolute atomic E-state index is 0.237. The number of rotatable bonds is 2. The van der Waals surface area contributed by atoms with Crippen LogP contribution in [0, 0.1) is 17.8 Å². The van der Waals surface area contributed by atoms with Gasteiger partial charge in [0.25, 0.3) is 0 Å². The molecular weight excluding hydrogens is 238 g/mol. The van der Waals surface area contributed by atoms with Crippen LogP contribution < -0.4 is 10.1 Å². The van der Waals surface area contributed by atoms with Crippen molar-refractivity contribution in [1.82, 2.24) is 0 Å². The molecule has 2 fully saturated rings. The first kappa shape index (κ1) is 11.6. The normalized spacial score (nSPS) is 38.5. The molecule has 19 heavy (non-hydrogen) atoms. The number of ether oxygens (including phenoxy) is 1. The van der Waals surface area contributed by atoms with Crippen LogP contribution in [0.1, 0.15) is 30.7 Å². The van der Waals surface area contributed by atoms with E-state index in [4.69, 9.17) is 4.74 Å². The molecule has 102 valence electrons. The van der Waals surface area contributed by atoms with Crippen LogP contribution in [0.2, 0.25) is 0 Å². The lowest BCUT2D eigenvalue weighted by atomic mass is 9.69. The first-order valence-corrected chi connectivity index (χ1v) is 7.37. The van der Waals surface area contributed by atoms with Crippen LogP contribution in [0.5, 0.6) is 5.75 Å². The van der Waals surface area contributed by atoms with Crippen molar-refractivity contribution in [3.05, 3.63) is 23.8 Å². The molecule has 2 saturated carbocycles. The number of hydrogen-bond donors (Lipinski definition) is 2. The van der Waals surface area contributed by atoms with Gasteiger partial charge in [-0.3, -0.25) is 0 Å². The smallest absolute Gasteiger partial charge is 0.119 e. The minimum atomic E-state index is 0.237. The van der Waals surface area contributed by atoms with E-state index >= 15 is 0 Å². The summed E-state index contributed by atoms with van der Waals surface area (Å²) in [6.45, 7) is 0.246. The summed E-state index contributed by atoms with van der Waals surface area (Å²) < 4.78 is 5.38. The second-order valence-electron chi connectivity index (χ2n) is 6.32. The SMILES string of the molecule is COc1ccc2c(c1)[C@H]1[C@@H]3CC[C@@H](C3)[C@H]1[C@H](CO)N2. The lowest BCUT2D eigenvalue weighted by Crippen LogP contribution is -2.43. The van der Waals surface area contributed by atoms with E-state index in [0.717, 1.165) is 17.6 Å². The van der Waals surface area contributed by atoms with Crippen molar-refractivity contribution < 1.29 is 9.84 Å². The lowest BCUT2D eigenvalue weighted by Gasteiger charge is -2.42. The highest BCUT2D eigenvalue weighted by atomic mass is 16.5. The van der Waals surface area contributed by atoms with Gasteiger partial charge in [-0.15, -0.1) is 0 Å². The zero-order valence-electron chi connectivity index (χ0n) is 11.3. The maximum Gasteiger partial charge on any atom is 0.119 e. The maximum atomic E-state index is 9.71. The highest BCUT2D eigenvalue weighted by molar-refractivity contribution is 5.60. The monoisotopic (exact) mass is 259 g/mol. The van der Waals surface area contributed by atoms with Crippen molar-refractivity contribution >= 4 is 5.69 Å². The topological polar surface area (TPSA) is 41.5 Å². The van der Waals surface area contributed by atoms with Crippen LogP contribution in [0.4, 0.5) is 5.69 Å². The molecule has 3 nitrogen and oxygen atoms in total. The maximum absolute atomic E-state index is 9.71. The fourth-order valence-corrected chi connectivity index (χ4v) is 4.91. The summed E-state index contributed by atoms with van der Waals surface area (Å²) in [5.41, 5.74) is 2.62. The molecule has 1 aromatic rings. The summed E-state index contributed by atoms with van der Waals surface area (Å²) in [5.74, 6) is 3.81. The molecule has 2 bridgehead atoms. The molecule has 3 aliphatic rings. The van der Waals surface area contributed by atoms with Crippen molar-refractivity contribution in [3.8, 4) is 5.75 Å². The van der Waals surface area contributed by atoms with E-state index < -0.39 is 0 Å². The number of hydrogen-bond acceptors (Lipinski definition) is 3. The molecule has 1 aromatic carbocycles. The molecule has 2 aliphatic carbocycles. The van der Waals surface area contributed by atoms with E-state index in [1.54, 1.807) is 7.11 Å². The molecule has 0 saturated heterocycles. The molecular formula is C16H21NO2. The van der Waals surface area contributed by atoms with Gasteiger partial charge in [-0.1, -0.05) is 0 Å². The number of aliphatic hydroxyl groups is 1. The van der Waals surface area contributed by atoms with Gasteiger partial charge in [-0.25, -0.2) is 0 Å². The summed E-state index contributed by atoms with van der Waals surface area (Å²) >= 11 is 0. The van der Waals surface area contributed by atoms with E-state index in [0.29, 0.717) is 11.8 Å². The van der Waals surface area contributed by atoms with E-state index in [9.17, 15) is 5.11 Å². The molecule has 0 aromatic heterocycles. The van der Waals surface area contributed by atoms with E-state index in [-0.39, 0.29) is 12.6 Å². The van der Waals surface area contributed by atoms with Crippen molar-refractivity contribution in [1.29, 1.82) is 0 Å². The molecule has 0 amide bonds. The molecule has 0 radical (unpaired) electrons. The highest BCUT2D eigenvalue weighted by Crippen LogP contribution is 2.61. The quantitative estimate of drug-likeness (QED) is 0.858. The van der Waals surface area contributed by atoms with Crippen LogP contribution >= 0.6 is 0 Å². The Balaban J connectivity index is 1.81. The number of benzene rings is 1. The Bertz CT molecular complexity index is 502. The highest BCUT2D eigenvalue weighted by Gasteiger charge is 2.53. The minimum Gasteiger partial charge on any atom is -0.497 e.